The van der Waals surface area contributed by atoms with E-state index in [1.165, 1.54) is 5.56 Å². The van der Waals surface area contributed by atoms with Gasteiger partial charge in [-0.25, -0.2) is 0 Å². The number of carbonyl (C=O) groups excluding carboxylic acids is 1. The van der Waals surface area contributed by atoms with Crippen LogP contribution in [0.1, 0.15) is 17.5 Å². The van der Waals surface area contributed by atoms with E-state index in [1.54, 1.807) is 14.2 Å². The lowest BCUT2D eigenvalue weighted by Crippen LogP contribution is -2.41. The Bertz CT molecular complexity index is 761. The number of para-hydroxylation sites is 1. The highest BCUT2D eigenvalue weighted by atomic mass is 16.5. The number of methoxy groups -OCH3 is 2. The number of amides is 1. The van der Waals surface area contributed by atoms with Gasteiger partial charge in [0.2, 0.25) is 5.91 Å². The molecular weight excluding hydrogens is 328 g/mol. The van der Waals surface area contributed by atoms with Crippen LogP contribution < -0.4 is 19.7 Å². The van der Waals surface area contributed by atoms with Crippen molar-refractivity contribution in [2.24, 2.45) is 0 Å². The highest BCUT2D eigenvalue weighted by Gasteiger charge is 2.21. The minimum atomic E-state index is 0.129. The molecule has 1 aliphatic rings. The molecule has 1 N–H and O–H groups in total. The normalized spacial score (nSPS) is 13.2. The molecule has 0 bridgehead atoms. The fourth-order valence-corrected chi connectivity index (χ4v) is 3.35. The van der Waals surface area contributed by atoms with Crippen LogP contribution in [0.25, 0.3) is 0 Å². The number of hydrogen-bond donors (Lipinski definition) is 1. The summed E-state index contributed by atoms with van der Waals surface area (Å²) in [6, 6.07) is 14.1. The van der Waals surface area contributed by atoms with E-state index in [1.807, 2.05) is 41.3 Å². The van der Waals surface area contributed by atoms with Gasteiger partial charge < -0.3 is 19.7 Å². The van der Waals surface area contributed by atoms with E-state index < -0.39 is 0 Å². The maximum Gasteiger partial charge on any atom is 0.240 e. The molecule has 26 heavy (non-hydrogen) atoms. The monoisotopic (exact) mass is 354 g/mol. The van der Waals surface area contributed by atoms with Crippen molar-refractivity contribution in [3.05, 3.63) is 53.6 Å². The zero-order valence-corrected chi connectivity index (χ0v) is 15.5. The van der Waals surface area contributed by atoms with Gasteiger partial charge in [0.15, 0.2) is 11.5 Å². The van der Waals surface area contributed by atoms with E-state index in [9.17, 15) is 4.79 Å². The topological polar surface area (TPSA) is 50.8 Å². The number of nitrogens with one attached hydrogen (secondary N) is 1. The van der Waals surface area contributed by atoms with Crippen molar-refractivity contribution in [2.45, 2.75) is 19.3 Å². The number of hydrogen-bond acceptors (Lipinski definition) is 4. The Balaban J connectivity index is 1.51. The Hall–Kier alpha value is -2.53. The van der Waals surface area contributed by atoms with E-state index in [0.29, 0.717) is 6.54 Å². The largest absolute Gasteiger partial charge is 0.493 e. The standard InChI is InChI=1S/C21H26N2O3/c1-25-19-10-9-16(14-20(19)26-2)11-12-22-15-21(24)23-13-5-7-17-6-3-4-8-18(17)23/h3-4,6,8-10,14,22H,5,7,11-13,15H2,1-2H3. The molecule has 0 saturated carbocycles. The molecule has 0 unspecified atom stereocenters. The lowest BCUT2D eigenvalue weighted by atomic mass is 10.0. The summed E-state index contributed by atoms with van der Waals surface area (Å²) in [6.07, 6.45) is 2.89. The summed E-state index contributed by atoms with van der Waals surface area (Å²) in [5.74, 6) is 1.58. The maximum absolute atomic E-state index is 12.6. The molecule has 138 valence electrons. The predicted octanol–water partition coefficient (Wildman–Crippen LogP) is 2.82. The Kier molecular flexibility index (Phi) is 6.12. The van der Waals surface area contributed by atoms with Crippen LogP contribution in [0, 0.1) is 0 Å². The quantitative estimate of drug-likeness (QED) is 0.777. The van der Waals surface area contributed by atoms with E-state index in [4.69, 9.17) is 9.47 Å². The van der Waals surface area contributed by atoms with E-state index >= 15 is 0 Å². The molecule has 5 heteroatoms. The third-order valence-corrected chi connectivity index (χ3v) is 4.73. The van der Waals surface area contributed by atoms with Crippen molar-refractivity contribution < 1.29 is 14.3 Å². The first kappa shape index (κ1) is 18.3. The summed E-state index contributed by atoms with van der Waals surface area (Å²) >= 11 is 0. The zero-order chi connectivity index (χ0) is 18.4. The summed E-state index contributed by atoms with van der Waals surface area (Å²) in [7, 11) is 3.26. The number of aryl methyl sites for hydroxylation is 1. The number of carbonyl (C=O) groups is 1. The summed E-state index contributed by atoms with van der Waals surface area (Å²) in [5.41, 5.74) is 3.47. The summed E-state index contributed by atoms with van der Waals surface area (Å²) < 4.78 is 10.6. The van der Waals surface area contributed by atoms with Crippen LogP contribution in [0.4, 0.5) is 5.69 Å². The van der Waals surface area contributed by atoms with Gasteiger partial charge in [-0.05, 0) is 55.1 Å². The van der Waals surface area contributed by atoms with Crippen molar-refractivity contribution in [3.8, 4) is 11.5 Å². The van der Waals surface area contributed by atoms with Gasteiger partial charge in [-0.3, -0.25) is 4.79 Å². The number of ether oxygens (including phenoxy) is 2. The molecule has 0 radical (unpaired) electrons. The van der Waals surface area contributed by atoms with E-state index in [2.05, 4.69) is 11.4 Å². The third-order valence-electron chi connectivity index (χ3n) is 4.73. The lowest BCUT2D eigenvalue weighted by Gasteiger charge is -2.29. The SMILES string of the molecule is COc1ccc(CCNCC(=O)N2CCCc3ccccc32)cc1OC. The summed E-state index contributed by atoms with van der Waals surface area (Å²) in [6.45, 7) is 1.88. The van der Waals surface area contributed by atoms with Gasteiger partial charge in [-0.1, -0.05) is 24.3 Å². The molecule has 2 aromatic rings. The van der Waals surface area contributed by atoms with Crippen molar-refractivity contribution in [1.82, 2.24) is 5.32 Å². The molecular formula is C21H26N2O3. The predicted molar refractivity (Wildman–Crippen MR) is 103 cm³/mol. The summed E-state index contributed by atoms with van der Waals surface area (Å²) in [4.78, 5) is 14.5. The van der Waals surface area contributed by atoms with Crippen LogP contribution in [0.2, 0.25) is 0 Å². The fourth-order valence-electron chi connectivity index (χ4n) is 3.35. The summed E-state index contributed by atoms with van der Waals surface area (Å²) in [5, 5.41) is 3.26. The number of benzene rings is 2. The Morgan fingerprint density at radius 3 is 2.73 bits per heavy atom. The van der Waals surface area contributed by atoms with Crippen molar-refractivity contribution >= 4 is 11.6 Å². The van der Waals surface area contributed by atoms with Gasteiger partial charge in [0.1, 0.15) is 0 Å². The van der Waals surface area contributed by atoms with Gasteiger partial charge in [0.05, 0.1) is 20.8 Å². The van der Waals surface area contributed by atoms with Gasteiger partial charge in [0, 0.05) is 12.2 Å². The second-order valence-electron chi connectivity index (χ2n) is 6.39. The van der Waals surface area contributed by atoms with Crippen LogP contribution in [0.3, 0.4) is 0 Å². The smallest absolute Gasteiger partial charge is 0.240 e. The average molecular weight is 354 g/mol. The van der Waals surface area contributed by atoms with Gasteiger partial charge in [-0.15, -0.1) is 0 Å². The molecule has 1 amide bonds. The average Bonchev–Trinajstić information content (AvgIpc) is 2.70. The first-order valence-corrected chi connectivity index (χ1v) is 9.03. The van der Waals surface area contributed by atoms with Crippen molar-refractivity contribution in [2.75, 3.05) is 38.8 Å². The molecule has 0 atom stereocenters. The highest BCUT2D eigenvalue weighted by molar-refractivity contribution is 5.95. The molecule has 5 nitrogen and oxygen atoms in total. The number of nitrogens with zero attached hydrogens (tertiary/aromatic N) is 1. The third kappa shape index (κ3) is 4.17. The first-order chi connectivity index (χ1) is 12.7. The second kappa shape index (κ2) is 8.72. The number of fused-ring (bicyclic) bond motifs is 1. The van der Waals surface area contributed by atoms with Crippen molar-refractivity contribution in [1.29, 1.82) is 0 Å². The van der Waals surface area contributed by atoms with Crippen LogP contribution in [0.15, 0.2) is 42.5 Å². The maximum atomic E-state index is 12.6. The number of anilines is 1. The second-order valence-corrected chi connectivity index (χ2v) is 6.39. The van der Waals surface area contributed by atoms with Gasteiger partial charge in [-0.2, -0.15) is 0 Å². The van der Waals surface area contributed by atoms with Crippen LogP contribution >= 0.6 is 0 Å². The molecule has 1 aliphatic heterocycles. The molecule has 0 saturated heterocycles. The van der Waals surface area contributed by atoms with Crippen LogP contribution in [0.5, 0.6) is 11.5 Å². The number of rotatable bonds is 7. The van der Waals surface area contributed by atoms with E-state index in [-0.39, 0.29) is 5.91 Å². The Morgan fingerprint density at radius 2 is 1.92 bits per heavy atom. The molecule has 0 spiro atoms. The molecule has 0 fully saturated rings. The fraction of sp³-hybridized carbons (Fsp3) is 0.381. The van der Waals surface area contributed by atoms with Crippen LogP contribution in [-0.2, 0) is 17.6 Å². The zero-order valence-electron chi connectivity index (χ0n) is 15.5. The lowest BCUT2D eigenvalue weighted by molar-refractivity contribution is -0.117. The minimum absolute atomic E-state index is 0.129. The Labute approximate surface area is 154 Å². The molecule has 2 aromatic carbocycles. The van der Waals surface area contributed by atoms with Crippen molar-refractivity contribution in [3.63, 3.8) is 0 Å². The van der Waals surface area contributed by atoms with Gasteiger partial charge in [0.25, 0.3) is 0 Å². The Morgan fingerprint density at radius 1 is 1.12 bits per heavy atom. The molecule has 3 rings (SSSR count). The molecule has 0 aliphatic carbocycles. The van der Waals surface area contributed by atoms with Crippen LogP contribution in [-0.4, -0.2) is 39.8 Å². The minimum Gasteiger partial charge on any atom is -0.493 e. The van der Waals surface area contributed by atoms with Gasteiger partial charge >= 0.3 is 0 Å². The first-order valence-electron chi connectivity index (χ1n) is 9.03. The molecule has 1 heterocycles. The van der Waals surface area contributed by atoms with E-state index in [0.717, 1.165) is 55.1 Å². The molecule has 0 aromatic heterocycles. The highest BCUT2D eigenvalue weighted by Crippen LogP contribution is 2.28.